The highest BCUT2D eigenvalue weighted by molar-refractivity contribution is 5.37. The van der Waals surface area contributed by atoms with Crippen LogP contribution >= 0.6 is 0 Å². The van der Waals surface area contributed by atoms with Crippen LogP contribution in [0.15, 0.2) is 9.98 Å². The van der Waals surface area contributed by atoms with Crippen LogP contribution in [-0.4, -0.2) is 74.5 Å². The fraction of sp³-hybridized carbons (Fsp3) is 0.800. The van der Waals surface area contributed by atoms with Gasteiger partial charge in [-0.1, -0.05) is 0 Å². The van der Waals surface area contributed by atoms with E-state index in [1.54, 1.807) is 0 Å². The summed E-state index contributed by atoms with van der Waals surface area (Å²) in [6.07, 6.45) is 2.16. The van der Waals surface area contributed by atoms with Gasteiger partial charge in [0.05, 0.1) is 39.6 Å². The summed E-state index contributed by atoms with van der Waals surface area (Å²) in [6, 6.07) is 0. The standard InChI is InChI=1S/C10H16N2O7/c13-1-2-17-3-4-18-5-6-19-7-10(16,11-8-14)12-9-15/h13,16H,1-7H2. The average molecular weight is 276 g/mol. The topological polar surface area (TPSA) is 127 Å². The number of aliphatic imine (C=N–C) groups is 2. The third kappa shape index (κ3) is 10.2. The fourth-order valence-electron chi connectivity index (χ4n) is 0.949. The van der Waals surface area contributed by atoms with Gasteiger partial charge in [0.15, 0.2) is 0 Å². The summed E-state index contributed by atoms with van der Waals surface area (Å²) in [5.41, 5.74) is 0. The van der Waals surface area contributed by atoms with Crippen molar-refractivity contribution >= 4 is 12.2 Å². The van der Waals surface area contributed by atoms with E-state index in [0.717, 1.165) is 12.2 Å². The Labute approximate surface area is 109 Å². The maximum absolute atomic E-state index is 10.0. The molecule has 0 aromatic carbocycles. The normalized spacial score (nSPS) is 13.2. The molecule has 0 aliphatic carbocycles. The summed E-state index contributed by atoms with van der Waals surface area (Å²) in [6.45, 7) is 0.708. The van der Waals surface area contributed by atoms with E-state index in [-0.39, 0.29) is 26.4 Å². The van der Waals surface area contributed by atoms with Gasteiger partial charge in [0.2, 0.25) is 12.2 Å². The number of hydrogen-bond acceptors (Lipinski definition) is 9. The van der Waals surface area contributed by atoms with E-state index >= 15 is 0 Å². The second kappa shape index (κ2) is 11.6. The van der Waals surface area contributed by atoms with Crippen LogP contribution in [0.1, 0.15) is 0 Å². The molecule has 0 aromatic rings. The predicted octanol–water partition coefficient (Wildman–Crippen LogP) is -1.65. The summed E-state index contributed by atoms with van der Waals surface area (Å²) in [5, 5.41) is 17.9. The van der Waals surface area contributed by atoms with Gasteiger partial charge >= 0.3 is 0 Å². The van der Waals surface area contributed by atoms with E-state index < -0.39 is 12.5 Å². The summed E-state index contributed by atoms with van der Waals surface area (Å²) in [4.78, 5) is 25.9. The smallest absolute Gasteiger partial charge is 0.299 e. The van der Waals surface area contributed by atoms with Crippen LogP contribution < -0.4 is 0 Å². The van der Waals surface area contributed by atoms with E-state index in [1.165, 1.54) is 0 Å². The first kappa shape index (κ1) is 17.6. The highest BCUT2D eigenvalue weighted by Crippen LogP contribution is 2.07. The van der Waals surface area contributed by atoms with Crippen LogP contribution in [0, 0.1) is 0 Å². The highest BCUT2D eigenvalue weighted by atomic mass is 16.5. The van der Waals surface area contributed by atoms with Gasteiger partial charge in [0, 0.05) is 0 Å². The number of hydrogen-bond donors (Lipinski definition) is 2. The number of rotatable bonds is 12. The van der Waals surface area contributed by atoms with E-state index in [1.807, 2.05) is 0 Å². The number of isocyanates is 2. The number of aliphatic hydroxyl groups excluding tert-OH is 1. The van der Waals surface area contributed by atoms with Gasteiger partial charge < -0.3 is 24.4 Å². The average Bonchev–Trinajstić information content (AvgIpc) is 2.37. The molecule has 0 saturated carbocycles. The minimum atomic E-state index is -2.28. The van der Waals surface area contributed by atoms with E-state index in [2.05, 4.69) is 9.98 Å². The van der Waals surface area contributed by atoms with E-state index in [4.69, 9.17) is 19.3 Å². The molecule has 0 spiro atoms. The molecule has 19 heavy (non-hydrogen) atoms. The third-order valence-corrected chi connectivity index (χ3v) is 1.72. The van der Waals surface area contributed by atoms with Crippen LogP contribution in [-0.2, 0) is 23.8 Å². The number of carbonyl (C=O) groups excluding carboxylic acids is 2. The third-order valence-electron chi connectivity index (χ3n) is 1.72. The van der Waals surface area contributed by atoms with Crippen molar-refractivity contribution in [1.82, 2.24) is 0 Å². The molecule has 0 saturated heterocycles. The van der Waals surface area contributed by atoms with Crippen molar-refractivity contribution in [1.29, 1.82) is 0 Å². The number of nitrogens with zero attached hydrogens (tertiary/aromatic N) is 2. The molecule has 0 atom stereocenters. The van der Waals surface area contributed by atoms with Gasteiger partial charge in [-0.05, 0) is 0 Å². The van der Waals surface area contributed by atoms with Gasteiger partial charge in [-0.2, -0.15) is 0 Å². The molecule has 9 heteroatoms. The Morgan fingerprint density at radius 3 is 1.84 bits per heavy atom. The van der Waals surface area contributed by atoms with Gasteiger partial charge in [0.1, 0.15) is 6.61 Å². The zero-order valence-electron chi connectivity index (χ0n) is 10.3. The Morgan fingerprint density at radius 1 is 0.895 bits per heavy atom. The first-order valence-corrected chi connectivity index (χ1v) is 5.43. The lowest BCUT2D eigenvalue weighted by atomic mass is 10.5. The number of ether oxygens (including phenoxy) is 3. The Hall–Kier alpha value is -1.44. The molecule has 108 valence electrons. The molecule has 0 bridgehead atoms. The lowest BCUT2D eigenvalue weighted by molar-refractivity contribution is -0.0521. The highest BCUT2D eigenvalue weighted by Gasteiger charge is 2.25. The Balaban J connectivity index is 3.61. The maximum Gasteiger partial charge on any atom is 0.299 e. The summed E-state index contributed by atoms with van der Waals surface area (Å²) in [7, 11) is 0. The van der Waals surface area contributed by atoms with Crippen LogP contribution in [0.2, 0.25) is 0 Å². The van der Waals surface area contributed by atoms with Crippen LogP contribution in [0.4, 0.5) is 0 Å². The molecule has 0 radical (unpaired) electrons. The lowest BCUT2D eigenvalue weighted by Crippen LogP contribution is -2.30. The second-order valence-corrected chi connectivity index (χ2v) is 3.18. The molecule has 9 nitrogen and oxygen atoms in total. The van der Waals surface area contributed by atoms with Crippen molar-refractivity contribution in [2.75, 3.05) is 46.2 Å². The summed E-state index contributed by atoms with van der Waals surface area (Å²) >= 11 is 0. The first-order valence-electron chi connectivity index (χ1n) is 5.43. The first-order chi connectivity index (χ1) is 9.18. The zero-order valence-corrected chi connectivity index (χ0v) is 10.3. The molecular formula is C10H16N2O7. The fourth-order valence-corrected chi connectivity index (χ4v) is 0.949. The van der Waals surface area contributed by atoms with Crippen molar-refractivity contribution in [2.24, 2.45) is 9.98 Å². The Kier molecular flexibility index (Phi) is 10.8. The molecule has 0 rings (SSSR count). The van der Waals surface area contributed by atoms with Gasteiger partial charge in [-0.3, -0.25) is 0 Å². The van der Waals surface area contributed by atoms with Crippen molar-refractivity contribution in [3.05, 3.63) is 0 Å². The molecule has 2 N–H and O–H groups in total. The minimum absolute atomic E-state index is 0.0454. The van der Waals surface area contributed by atoms with E-state index in [9.17, 15) is 14.7 Å². The Bertz CT molecular complexity index is 306. The zero-order chi connectivity index (χ0) is 14.4. The van der Waals surface area contributed by atoms with Crippen LogP contribution in [0.3, 0.4) is 0 Å². The Morgan fingerprint density at radius 2 is 1.37 bits per heavy atom. The predicted molar refractivity (Wildman–Crippen MR) is 60.7 cm³/mol. The van der Waals surface area contributed by atoms with Crippen molar-refractivity contribution in [2.45, 2.75) is 5.85 Å². The van der Waals surface area contributed by atoms with Crippen molar-refractivity contribution in [3.63, 3.8) is 0 Å². The summed E-state index contributed by atoms with van der Waals surface area (Å²) in [5.74, 6) is -2.28. The molecular weight excluding hydrogens is 260 g/mol. The second-order valence-electron chi connectivity index (χ2n) is 3.18. The van der Waals surface area contributed by atoms with Gasteiger partial charge in [-0.25, -0.2) is 9.59 Å². The molecule has 0 aliphatic heterocycles. The largest absolute Gasteiger partial charge is 0.394 e. The lowest BCUT2D eigenvalue weighted by Gasteiger charge is -2.14. The SMILES string of the molecule is O=C=NC(O)(COCCOCCOCCO)N=C=O. The van der Waals surface area contributed by atoms with Gasteiger partial charge in [-0.15, -0.1) is 9.98 Å². The molecule has 0 unspecified atom stereocenters. The van der Waals surface area contributed by atoms with Gasteiger partial charge in [0.25, 0.3) is 5.85 Å². The van der Waals surface area contributed by atoms with Crippen LogP contribution in [0.25, 0.3) is 0 Å². The molecule has 0 fully saturated rings. The quantitative estimate of drug-likeness (QED) is 0.248. The van der Waals surface area contributed by atoms with Crippen molar-refractivity contribution < 1.29 is 34.0 Å². The van der Waals surface area contributed by atoms with E-state index in [0.29, 0.717) is 13.2 Å². The molecule has 0 amide bonds. The summed E-state index contributed by atoms with van der Waals surface area (Å²) < 4.78 is 15.0. The maximum atomic E-state index is 10.0. The minimum Gasteiger partial charge on any atom is -0.394 e. The molecule has 0 aliphatic rings. The monoisotopic (exact) mass is 276 g/mol. The number of aliphatic hydroxyl groups is 2. The molecule has 0 aromatic heterocycles. The molecule has 0 heterocycles. The van der Waals surface area contributed by atoms with Crippen molar-refractivity contribution in [3.8, 4) is 0 Å². The van der Waals surface area contributed by atoms with Crippen LogP contribution in [0.5, 0.6) is 0 Å².